The van der Waals surface area contributed by atoms with E-state index in [1.165, 1.54) is 0 Å². The molecule has 0 aliphatic heterocycles. The fraction of sp³-hybridized carbons (Fsp3) is 0.0909. The van der Waals surface area contributed by atoms with Crippen LogP contribution in [0.1, 0.15) is 16.5 Å². The van der Waals surface area contributed by atoms with E-state index in [0.717, 1.165) is 23.5 Å². The summed E-state index contributed by atoms with van der Waals surface area (Å²) in [7, 11) is 0. The number of halogens is 4. The summed E-state index contributed by atoms with van der Waals surface area (Å²) in [6, 6.07) is 3.77. The molecule has 0 aliphatic rings. The van der Waals surface area contributed by atoms with Crippen LogP contribution in [0.25, 0.3) is 0 Å². The molecule has 1 aromatic carbocycles. The van der Waals surface area contributed by atoms with E-state index in [0.29, 0.717) is 9.90 Å². The van der Waals surface area contributed by atoms with Gasteiger partial charge in [-0.05, 0) is 23.6 Å². The van der Waals surface area contributed by atoms with Crippen LogP contribution >= 0.6 is 38.9 Å². The minimum atomic E-state index is -1.39. The van der Waals surface area contributed by atoms with Gasteiger partial charge in [-0.2, -0.15) is 0 Å². The van der Waals surface area contributed by atoms with Crippen LogP contribution in [0.3, 0.4) is 0 Å². The van der Waals surface area contributed by atoms with E-state index in [1.807, 2.05) is 0 Å². The van der Waals surface area contributed by atoms with Crippen LogP contribution < -0.4 is 0 Å². The summed E-state index contributed by atoms with van der Waals surface area (Å²) in [4.78, 5) is 0.326. The van der Waals surface area contributed by atoms with Crippen molar-refractivity contribution in [1.82, 2.24) is 0 Å². The van der Waals surface area contributed by atoms with Gasteiger partial charge in [0.2, 0.25) is 0 Å². The summed E-state index contributed by atoms with van der Waals surface area (Å²) < 4.78 is 27.5. The van der Waals surface area contributed by atoms with Gasteiger partial charge in [0.05, 0.1) is 15.5 Å². The molecule has 0 aliphatic carbocycles. The first-order chi connectivity index (χ1) is 8.00. The Bertz CT molecular complexity index is 535. The van der Waals surface area contributed by atoms with Crippen LogP contribution in [-0.4, -0.2) is 5.11 Å². The van der Waals surface area contributed by atoms with Crippen LogP contribution in [0, 0.1) is 11.6 Å². The first-order valence-corrected chi connectivity index (χ1v) is 6.61. The summed E-state index contributed by atoms with van der Waals surface area (Å²) in [5.41, 5.74) is -0.391. The molecular formula is C11H6BrClF2OS. The first-order valence-electron chi connectivity index (χ1n) is 4.56. The van der Waals surface area contributed by atoms with Crippen molar-refractivity contribution < 1.29 is 13.9 Å². The average molecular weight is 340 g/mol. The molecule has 0 radical (unpaired) electrons. The van der Waals surface area contributed by atoms with E-state index in [1.54, 1.807) is 11.4 Å². The third kappa shape index (κ3) is 2.52. The largest absolute Gasteiger partial charge is 0.383 e. The molecule has 1 atom stereocenters. The molecule has 2 rings (SSSR count). The predicted octanol–water partition coefficient (Wildman–Crippen LogP) is 4.52. The normalized spacial score (nSPS) is 12.8. The van der Waals surface area contributed by atoms with Gasteiger partial charge in [0.25, 0.3) is 0 Å². The molecule has 0 bridgehead atoms. The van der Waals surface area contributed by atoms with Crippen molar-refractivity contribution in [2.24, 2.45) is 0 Å². The Morgan fingerprint density at radius 3 is 2.35 bits per heavy atom. The number of aliphatic hydroxyl groups is 1. The molecule has 0 saturated heterocycles. The van der Waals surface area contributed by atoms with Crippen molar-refractivity contribution in [2.45, 2.75) is 6.10 Å². The van der Waals surface area contributed by atoms with E-state index in [2.05, 4.69) is 15.9 Å². The van der Waals surface area contributed by atoms with Gasteiger partial charge in [-0.25, -0.2) is 8.78 Å². The number of benzene rings is 1. The summed E-state index contributed by atoms with van der Waals surface area (Å²) in [6.07, 6.45) is -1.39. The van der Waals surface area contributed by atoms with Crippen molar-refractivity contribution in [3.63, 3.8) is 0 Å². The monoisotopic (exact) mass is 338 g/mol. The molecule has 1 unspecified atom stereocenters. The second-order valence-corrected chi connectivity index (χ2v) is 5.59. The Hall–Kier alpha value is -0.490. The van der Waals surface area contributed by atoms with Gasteiger partial charge < -0.3 is 5.11 Å². The maximum absolute atomic E-state index is 13.6. The predicted molar refractivity (Wildman–Crippen MR) is 67.4 cm³/mol. The lowest BCUT2D eigenvalue weighted by molar-refractivity contribution is 0.213. The van der Waals surface area contributed by atoms with Gasteiger partial charge in [-0.1, -0.05) is 27.5 Å². The van der Waals surface area contributed by atoms with Crippen LogP contribution in [0.4, 0.5) is 8.78 Å². The zero-order valence-electron chi connectivity index (χ0n) is 8.25. The van der Waals surface area contributed by atoms with Gasteiger partial charge in [-0.15, -0.1) is 11.3 Å². The van der Waals surface area contributed by atoms with Gasteiger partial charge in [0, 0.05) is 4.47 Å². The number of aliphatic hydroxyl groups excluding tert-OH is 1. The van der Waals surface area contributed by atoms with Crippen molar-refractivity contribution in [1.29, 1.82) is 0 Å². The Morgan fingerprint density at radius 2 is 1.88 bits per heavy atom. The Labute approximate surface area is 114 Å². The van der Waals surface area contributed by atoms with Gasteiger partial charge in [0.1, 0.15) is 17.7 Å². The first kappa shape index (κ1) is 13.0. The molecule has 17 heavy (non-hydrogen) atoms. The molecule has 1 heterocycles. The van der Waals surface area contributed by atoms with Crippen LogP contribution in [-0.2, 0) is 0 Å². The molecule has 0 fully saturated rings. The van der Waals surface area contributed by atoms with Crippen molar-refractivity contribution in [3.8, 4) is 0 Å². The lowest BCUT2D eigenvalue weighted by atomic mass is 10.1. The van der Waals surface area contributed by atoms with E-state index in [4.69, 9.17) is 11.6 Å². The van der Waals surface area contributed by atoms with Crippen molar-refractivity contribution in [2.75, 3.05) is 0 Å². The lowest BCUT2D eigenvalue weighted by Crippen LogP contribution is -2.04. The summed E-state index contributed by atoms with van der Waals surface area (Å²) in [5, 5.41) is 11.9. The highest BCUT2D eigenvalue weighted by atomic mass is 79.9. The summed E-state index contributed by atoms with van der Waals surface area (Å²) >= 11 is 9.94. The van der Waals surface area contributed by atoms with Gasteiger partial charge in [-0.3, -0.25) is 0 Å². The molecule has 1 nitrogen and oxygen atoms in total. The second-order valence-electron chi connectivity index (χ2n) is 3.32. The molecule has 1 N–H and O–H groups in total. The quantitative estimate of drug-likeness (QED) is 0.852. The smallest absolute Gasteiger partial charge is 0.133 e. The number of hydrogen-bond acceptors (Lipinski definition) is 2. The van der Waals surface area contributed by atoms with E-state index >= 15 is 0 Å². The zero-order valence-corrected chi connectivity index (χ0v) is 11.4. The number of hydrogen-bond donors (Lipinski definition) is 1. The van der Waals surface area contributed by atoms with Crippen molar-refractivity contribution >= 4 is 38.9 Å². The van der Waals surface area contributed by atoms with Crippen LogP contribution in [0.2, 0.25) is 5.02 Å². The molecule has 2 aromatic rings. The molecular weight excluding hydrogens is 334 g/mol. The zero-order chi connectivity index (χ0) is 12.6. The SMILES string of the molecule is OC(c1sccc1Cl)c1c(F)cc(Br)cc1F. The Morgan fingerprint density at radius 1 is 1.29 bits per heavy atom. The standard InChI is InChI=1S/C11H6BrClF2OS/c12-5-3-7(14)9(8(15)4-5)10(16)11-6(13)1-2-17-11/h1-4,10,16H. The summed E-state index contributed by atoms with van der Waals surface area (Å²) in [6.45, 7) is 0. The highest BCUT2D eigenvalue weighted by Gasteiger charge is 2.23. The molecule has 90 valence electrons. The van der Waals surface area contributed by atoms with Gasteiger partial charge in [0.15, 0.2) is 0 Å². The number of rotatable bonds is 2. The highest BCUT2D eigenvalue weighted by molar-refractivity contribution is 9.10. The van der Waals surface area contributed by atoms with Crippen LogP contribution in [0.5, 0.6) is 0 Å². The van der Waals surface area contributed by atoms with E-state index in [-0.39, 0.29) is 4.47 Å². The third-order valence-corrected chi connectivity index (χ3v) is 4.08. The maximum atomic E-state index is 13.6. The molecule has 1 aromatic heterocycles. The molecule has 0 spiro atoms. The van der Waals surface area contributed by atoms with E-state index < -0.39 is 23.3 Å². The van der Waals surface area contributed by atoms with Crippen LogP contribution in [0.15, 0.2) is 28.1 Å². The summed E-state index contributed by atoms with van der Waals surface area (Å²) in [5.74, 6) is -1.62. The third-order valence-electron chi connectivity index (χ3n) is 2.21. The highest BCUT2D eigenvalue weighted by Crippen LogP contribution is 2.35. The fourth-order valence-electron chi connectivity index (χ4n) is 1.45. The second kappa shape index (κ2) is 5.02. The lowest BCUT2D eigenvalue weighted by Gasteiger charge is -2.12. The topological polar surface area (TPSA) is 20.2 Å². The molecule has 0 saturated carbocycles. The minimum absolute atomic E-state index is 0.278. The fourth-order valence-corrected chi connectivity index (χ4v) is 3.00. The van der Waals surface area contributed by atoms with Gasteiger partial charge >= 0.3 is 0 Å². The minimum Gasteiger partial charge on any atom is -0.383 e. The maximum Gasteiger partial charge on any atom is 0.133 e. The average Bonchev–Trinajstić information content (AvgIpc) is 2.62. The van der Waals surface area contributed by atoms with E-state index in [9.17, 15) is 13.9 Å². The van der Waals surface area contributed by atoms with Crippen molar-refractivity contribution in [3.05, 3.63) is 55.1 Å². The Kier molecular flexibility index (Phi) is 3.82. The number of thiophene rings is 1. The molecule has 0 amide bonds. The molecule has 6 heteroatoms. The Balaban J connectivity index is 2.51.